The van der Waals surface area contributed by atoms with Gasteiger partial charge >= 0.3 is 0 Å². The minimum Gasteiger partial charge on any atom is -0.376 e. The average molecular weight is 308 g/mol. The van der Waals surface area contributed by atoms with Gasteiger partial charge in [-0.1, -0.05) is 23.9 Å². The van der Waals surface area contributed by atoms with Crippen molar-refractivity contribution in [2.45, 2.75) is 9.79 Å². The summed E-state index contributed by atoms with van der Waals surface area (Å²) in [4.78, 5) is 6.89. The Labute approximate surface area is 153 Å². The first-order chi connectivity index (χ1) is 9.58. The van der Waals surface area contributed by atoms with Crippen LogP contribution in [-0.2, 0) is 0 Å². The van der Waals surface area contributed by atoms with E-state index in [0.29, 0.717) is 0 Å². The fraction of sp³-hybridized carbons (Fsp3) is 0.250. The minimum absolute atomic E-state index is 0. The van der Waals surface area contributed by atoms with Gasteiger partial charge in [0.25, 0.3) is 0 Å². The average Bonchev–Trinajstić information content (AvgIpc) is 2.43. The molecule has 0 fully saturated rings. The number of nitrogens with zero attached hydrogens (tertiary/aromatic N) is 2. The van der Waals surface area contributed by atoms with Gasteiger partial charge < -0.3 is 15.1 Å². The Morgan fingerprint density at radius 2 is 1.57 bits per heavy atom. The maximum absolute atomic E-state index is 3.60. The maximum Gasteiger partial charge on any atom is 0.0849 e. The number of anilines is 4. The molecule has 0 saturated heterocycles. The summed E-state index contributed by atoms with van der Waals surface area (Å²) in [7, 11) is 8.35. The van der Waals surface area contributed by atoms with E-state index in [1.54, 1.807) is 0 Å². The van der Waals surface area contributed by atoms with Crippen LogP contribution in [0.4, 0.5) is 22.7 Å². The van der Waals surface area contributed by atoms with E-state index in [2.05, 4.69) is 79.7 Å². The fourth-order valence-corrected chi connectivity index (χ4v) is 3.49. The summed E-state index contributed by atoms with van der Waals surface area (Å²) in [6.07, 6.45) is 0. The molecule has 1 aliphatic rings. The van der Waals surface area contributed by atoms with E-state index in [1.807, 2.05) is 11.8 Å². The van der Waals surface area contributed by atoms with Crippen LogP contribution in [0.3, 0.4) is 0 Å². The molecule has 0 unspecified atom stereocenters. The van der Waals surface area contributed by atoms with Crippen molar-refractivity contribution in [3.05, 3.63) is 36.4 Å². The molecule has 1 N–H and O–H groups in total. The van der Waals surface area contributed by atoms with Crippen LogP contribution in [0.15, 0.2) is 46.2 Å². The number of rotatable bonds is 2. The summed E-state index contributed by atoms with van der Waals surface area (Å²) >= 11 is 1.83. The van der Waals surface area contributed by atoms with Crippen molar-refractivity contribution in [1.29, 1.82) is 0 Å². The summed E-state index contributed by atoms with van der Waals surface area (Å²) in [6, 6.07) is 12.8. The molecular formula is C16H19N3NaS. The number of hydrogen-bond acceptors (Lipinski definition) is 4. The molecule has 0 aliphatic carbocycles. The summed E-state index contributed by atoms with van der Waals surface area (Å²) in [5.41, 5.74) is 4.84. The zero-order valence-electron chi connectivity index (χ0n) is 13.3. The van der Waals surface area contributed by atoms with Crippen LogP contribution in [0.1, 0.15) is 0 Å². The van der Waals surface area contributed by atoms with E-state index >= 15 is 0 Å². The second-order valence-corrected chi connectivity index (χ2v) is 6.40. The van der Waals surface area contributed by atoms with Gasteiger partial charge in [0.15, 0.2) is 0 Å². The predicted molar refractivity (Wildman–Crippen MR) is 94.7 cm³/mol. The zero-order valence-corrected chi connectivity index (χ0v) is 16.1. The van der Waals surface area contributed by atoms with Crippen LogP contribution in [0.2, 0.25) is 0 Å². The zero-order chi connectivity index (χ0) is 14.3. The van der Waals surface area contributed by atoms with E-state index in [0.717, 1.165) is 0 Å². The van der Waals surface area contributed by atoms with Gasteiger partial charge in [-0.2, -0.15) is 0 Å². The minimum atomic E-state index is 0. The molecular weight excluding hydrogens is 289 g/mol. The maximum atomic E-state index is 3.60. The summed E-state index contributed by atoms with van der Waals surface area (Å²) in [5.74, 6) is 0. The molecule has 0 spiro atoms. The Morgan fingerprint density at radius 3 is 2.24 bits per heavy atom. The molecule has 1 radical (unpaired) electrons. The molecule has 2 aromatic carbocycles. The van der Waals surface area contributed by atoms with Crippen molar-refractivity contribution in [3.63, 3.8) is 0 Å². The van der Waals surface area contributed by atoms with Gasteiger partial charge in [0.05, 0.1) is 22.7 Å². The van der Waals surface area contributed by atoms with Crippen LogP contribution >= 0.6 is 11.8 Å². The van der Waals surface area contributed by atoms with Crippen molar-refractivity contribution in [2.75, 3.05) is 43.3 Å². The predicted octanol–water partition coefficient (Wildman–Crippen LogP) is 3.65. The van der Waals surface area contributed by atoms with Crippen molar-refractivity contribution in [3.8, 4) is 0 Å². The molecule has 0 saturated carbocycles. The molecule has 105 valence electrons. The third-order valence-electron chi connectivity index (χ3n) is 3.41. The van der Waals surface area contributed by atoms with Crippen molar-refractivity contribution >= 4 is 64.1 Å². The number of fused-ring (bicyclic) bond motifs is 2. The fourth-order valence-electron chi connectivity index (χ4n) is 2.49. The summed E-state index contributed by atoms with van der Waals surface area (Å²) in [5, 5.41) is 3.60. The number of hydrogen-bond donors (Lipinski definition) is 1. The quantitative estimate of drug-likeness (QED) is 0.728. The molecule has 1 heterocycles. The molecule has 0 atom stereocenters. The second-order valence-electron chi connectivity index (χ2n) is 5.32. The van der Waals surface area contributed by atoms with Gasteiger partial charge in [0.1, 0.15) is 0 Å². The molecule has 0 aromatic heterocycles. The van der Waals surface area contributed by atoms with Gasteiger partial charge in [-0.05, 0) is 24.3 Å². The smallest absolute Gasteiger partial charge is 0.0849 e. The molecule has 2 aromatic rings. The van der Waals surface area contributed by atoms with E-state index in [-0.39, 0.29) is 29.6 Å². The number of nitrogens with one attached hydrogen (secondary N) is 1. The topological polar surface area (TPSA) is 18.5 Å². The molecule has 3 nitrogen and oxygen atoms in total. The van der Waals surface area contributed by atoms with Gasteiger partial charge in [-0.15, -0.1) is 0 Å². The van der Waals surface area contributed by atoms with Crippen LogP contribution in [0, 0.1) is 0 Å². The largest absolute Gasteiger partial charge is 0.376 e. The third-order valence-corrected chi connectivity index (χ3v) is 4.55. The molecule has 5 heteroatoms. The van der Waals surface area contributed by atoms with Crippen LogP contribution in [0.25, 0.3) is 0 Å². The first-order valence-corrected chi connectivity index (χ1v) is 7.45. The van der Waals surface area contributed by atoms with Gasteiger partial charge in [-0.25, -0.2) is 0 Å². The normalized spacial score (nSPS) is 11.6. The molecule has 3 rings (SSSR count). The van der Waals surface area contributed by atoms with Gasteiger partial charge in [0, 0.05) is 67.5 Å². The monoisotopic (exact) mass is 308 g/mol. The van der Waals surface area contributed by atoms with Crippen LogP contribution in [-0.4, -0.2) is 57.7 Å². The number of para-hydroxylation sites is 1. The van der Waals surface area contributed by atoms with E-state index in [1.165, 1.54) is 32.5 Å². The van der Waals surface area contributed by atoms with Gasteiger partial charge in [0.2, 0.25) is 0 Å². The van der Waals surface area contributed by atoms with Crippen molar-refractivity contribution in [1.82, 2.24) is 0 Å². The number of benzene rings is 2. The molecule has 1 aliphatic heterocycles. The second kappa shape index (κ2) is 6.53. The summed E-state index contributed by atoms with van der Waals surface area (Å²) < 4.78 is 0. The van der Waals surface area contributed by atoms with E-state index in [4.69, 9.17) is 0 Å². The van der Waals surface area contributed by atoms with E-state index in [9.17, 15) is 0 Å². The Kier molecular flexibility index (Phi) is 5.15. The molecule has 21 heavy (non-hydrogen) atoms. The summed E-state index contributed by atoms with van der Waals surface area (Å²) in [6.45, 7) is 0. The van der Waals surface area contributed by atoms with Crippen molar-refractivity contribution in [2.24, 2.45) is 0 Å². The Hall–Kier alpha value is -0.810. The first kappa shape index (κ1) is 16.6. The first-order valence-electron chi connectivity index (χ1n) is 6.63. The Bertz CT molecular complexity index is 656. The standard InChI is InChI=1S/C16H19N3S.Na/c1-18(2)12-9-10-14-15(16(12)19(3)4)17-11-7-5-6-8-13(11)20-14;/h5-10,17H,1-4H3;. The third kappa shape index (κ3) is 3.04. The van der Waals surface area contributed by atoms with Crippen molar-refractivity contribution < 1.29 is 0 Å². The molecule has 0 amide bonds. The Balaban J connectivity index is 0.00000161. The van der Waals surface area contributed by atoms with Crippen LogP contribution < -0.4 is 15.1 Å². The SMILES string of the molecule is CN(C)c1ccc2c(c1N(C)C)Nc1ccccc1S2.[Na]. The molecule has 0 bridgehead atoms. The Morgan fingerprint density at radius 1 is 0.857 bits per heavy atom. The van der Waals surface area contributed by atoms with Gasteiger partial charge in [-0.3, -0.25) is 0 Å². The van der Waals surface area contributed by atoms with Crippen LogP contribution in [0.5, 0.6) is 0 Å². The van der Waals surface area contributed by atoms with E-state index < -0.39 is 0 Å².